The summed E-state index contributed by atoms with van der Waals surface area (Å²) in [5.74, 6) is 0. The summed E-state index contributed by atoms with van der Waals surface area (Å²) in [4.78, 5) is 7.67. The van der Waals surface area contributed by atoms with E-state index in [1.165, 1.54) is 26.7 Å². The molecule has 1 rings (SSSR count). The first kappa shape index (κ1) is 9.38. The molecule has 0 fully saturated rings. The summed E-state index contributed by atoms with van der Waals surface area (Å²) >= 11 is 5.79. The third-order valence-corrected chi connectivity index (χ3v) is 1.64. The molecule has 66 valence electrons. The Bertz CT molecular complexity index is 253. The van der Waals surface area contributed by atoms with Crippen molar-refractivity contribution in [1.29, 1.82) is 0 Å². The molecule has 0 aromatic carbocycles. The molecule has 0 unspecified atom stereocenters. The van der Waals surface area contributed by atoms with Gasteiger partial charge in [0, 0.05) is 20.4 Å². The molecule has 0 saturated heterocycles. The van der Waals surface area contributed by atoms with Crippen molar-refractivity contribution in [2.24, 2.45) is 0 Å². The molecule has 5 heteroatoms. The molecule has 0 amide bonds. The fourth-order valence-electron chi connectivity index (χ4n) is 0.815. The Morgan fingerprint density at radius 1 is 1.42 bits per heavy atom. The average Bonchev–Trinajstić information content (AvgIpc) is 2.10. The summed E-state index contributed by atoms with van der Waals surface area (Å²) < 4.78 is 9.94. The third kappa shape index (κ3) is 1.91. The van der Waals surface area contributed by atoms with Crippen molar-refractivity contribution < 1.29 is 9.47 Å². The number of aromatic nitrogens is 2. The molecule has 0 spiro atoms. The molecule has 0 atom stereocenters. The van der Waals surface area contributed by atoms with Crippen molar-refractivity contribution in [2.75, 3.05) is 14.2 Å². The van der Waals surface area contributed by atoms with Crippen LogP contribution in [-0.4, -0.2) is 24.2 Å². The SMILES string of the molecule is COC(OC)c1ncncc1Cl. The van der Waals surface area contributed by atoms with Crippen molar-refractivity contribution >= 4 is 11.6 Å². The molecule has 0 radical (unpaired) electrons. The van der Waals surface area contributed by atoms with Gasteiger partial charge in [-0.05, 0) is 0 Å². The second kappa shape index (κ2) is 4.35. The minimum Gasteiger partial charge on any atom is -0.350 e. The number of rotatable bonds is 3. The number of halogens is 1. The van der Waals surface area contributed by atoms with Crippen molar-refractivity contribution in [1.82, 2.24) is 9.97 Å². The van der Waals surface area contributed by atoms with E-state index in [1.807, 2.05) is 0 Å². The molecular weight excluding hydrogens is 180 g/mol. The Balaban J connectivity index is 2.92. The zero-order chi connectivity index (χ0) is 8.97. The first-order valence-electron chi connectivity index (χ1n) is 3.30. The van der Waals surface area contributed by atoms with Crippen LogP contribution in [0.25, 0.3) is 0 Å². The quantitative estimate of drug-likeness (QED) is 0.673. The summed E-state index contributed by atoms with van der Waals surface area (Å²) in [6.45, 7) is 0. The zero-order valence-electron chi connectivity index (χ0n) is 6.82. The number of ether oxygens (including phenoxy) is 2. The molecule has 1 heterocycles. The van der Waals surface area contributed by atoms with Gasteiger partial charge in [-0.15, -0.1) is 0 Å². The van der Waals surface area contributed by atoms with Crippen LogP contribution in [0, 0.1) is 0 Å². The van der Waals surface area contributed by atoms with Crippen LogP contribution < -0.4 is 0 Å². The van der Waals surface area contributed by atoms with Crippen LogP contribution in [0.4, 0.5) is 0 Å². The van der Waals surface area contributed by atoms with E-state index in [0.29, 0.717) is 10.7 Å². The maximum atomic E-state index is 5.79. The van der Waals surface area contributed by atoms with Crippen LogP contribution in [0.15, 0.2) is 12.5 Å². The van der Waals surface area contributed by atoms with E-state index in [1.54, 1.807) is 0 Å². The summed E-state index contributed by atoms with van der Waals surface area (Å²) in [5.41, 5.74) is 0.539. The average molecular weight is 189 g/mol. The van der Waals surface area contributed by atoms with E-state index >= 15 is 0 Å². The van der Waals surface area contributed by atoms with Gasteiger partial charge in [-0.1, -0.05) is 11.6 Å². The van der Waals surface area contributed by atoms with Crippen LogP contribution in [0.2, 0.25) is 5.02 Å². The lowest BCUT2D eigenvalue weighted by Gasteiger charge is -2.12. The minimum atomic E-state index is -0.527. The number of hydrogen-bond acceptors (Lipinski definition) is 4. The molecule has 0 N–H and O–H groups in total. The van der Waals surface area contributed by atoms with E-state index in [-0.39, 0.29) is 0 Å². The predicted octanol–water partition coefficient (Wildman–Crippen LogP) is 1.42. The maximum absolute atomic E-state index is 5.79. The molecule has 1 aromatic heterocycles. The predicted molar refractivity (Wildman–Crippen MR) is 43.8 cm³/mol. The van der Waals surface area contributed by atoms with Gasteiger partial charge >= 0.3 is 0 Å². The van der Waals surface area contributed by atoms with Gasteiger partial charge in [-0.25, -0.2) is 9.97 Å². The second-order valence-electron chi connectivity index (χ2n) is 2.06. The van der Waals surface area contributed by atoms with Gasteiger partial charge in [-0.2, -0.15) is 0 Å². The van der Waals surface area contributed by atoms with Crippen molar-refractivity contribution in [2.45, 2.75) is 6.29 Å². The third-order valence-electron chi connectivity index (χ3n) is 1.35. The van der Waals surface area contributed by atoms with Crippen LogP contribution in [0.5, 0.6) is 0 Å². The summed E-state index contributed by atoms with van der Waals surface area (Å²) in [5, 5.41) is 0.436. The molecule has 4 nitrogen and oxygen atoms in total. The van der Waals surface area contributed by atoms with Gasteiger partial charge in [-0.3, -0.25) is 0 Å². The van der Waals surface area contributed by atoms with Gasteiger partial charge in [0.2, 0.25) is 6.29 Å². The molecule has 0 aliphatic carbocycles. The fourth-order valence-corrected chi connectivity index (χ4v) is 1.01. The Morgan fingerprint density at radius 2 is 2.08 bits per heavy atom. The van der Waals surface area contributed by atoms with E-state index in [9.17, 15) is 0 Å². The van der Waals surface area contributed by atoms with E-state index < -0.39 is 6.29 Å². The lowest BCUT2D eigenvalue weighted by atomic mass is 10.4. The molecule has 12 heavy (non-hydrogen) atoms. The van der Waals surface area contributed by atoms with Gasteiger partial charge in [0.15, 0.2) is 0 Å². The van der Waals surface area contributed by atoms with E-state index in [0.717, 1.165) is 0 Å². The molecule has 0 saturated carbocycles. The molecule has 1 aromatic rings. The highest BCUT2D eigenvalue weighted by atomic mass is 35.5. The Kier molecular flexibility index (Phi) is 3.40. The molecular formula is C7H9ClN2O2. The Hall–Kier alpha value is -0.710. The lowest BCUT2D eigenvalue weighted by molar-refractivity contribution is -0.108. The van der Waals surface area contributed by atoms with Crippen LogP contribution in [0.1, 0.15) is 12.0 Å². The van der Waals surface area contributed by atoms with E-state index in [2.05, 4.69) is 9.97 Å². The topological polar surface area (TPSA) is 44.2 Å². The first-order chi connectivity index (χ1) is 5.79. The Morgan fingerprint density at radius 3 is 2.58 bits per heavy atom. The van der Waals surface area contributed by atoms with Gasteiger partial charge < -0.3 is 9.47 Å². The number of hydrogen-bond donors (Lipinski definition) is 0. The Labute approximate surface area is 75.5 Å². The zero-order valence-corrected chi connectivity index (χ0v) is 7.58. The number of methoxy groups -OCH3 is 2. The van der Waals surface area contributed by atoms with Crippen LogP contribution in [0.3, 0.4) is 0 Å². The minimum absolute atomic E-state index is 0.436. The smallest absolute Gasteiger partial charge is 0.202 e. The monoisotopic (exact) mass is 188 g/mol. The van der Waals surface area contributed by atoms with Crippen LogP contribution in [-0.2, 0) is 9.47 Å². The highest BCUT2D eigenvalue weighted by molar-refractivity contribution is 6.31. The standard InChI is InChI=1S/C7H9ClN2O2/c1-11-7(12-2)6-5(8)3-9-4-10-6/h3-4,7H,1-2H3. The first-order valence-corrected chi connectivity index (χ1v) is 3.68. The highest BCUT2D eigenvalue weighted by Crippen LogP contribution is 2.21. The van der Waals surface area contributed by atoms with E-state index in [4.69, 9.17) is 21.1 Å². The van der Waals surface area contributed by atoms with Gasteiger partial charge in [0.25, 0.3) is 0 Å². The highest BCUT2D eigenvalue weighted by Gasteiger charge is 2.13. The summed E-state index contributed by atoms with van der Waals surface area (Å²) in [6.07, 6.45) is 2.36. The number of nitrogens with zero attached hydrogens (tertiary/aromatic N) is 2. The lowest BCUT2D eigenvalue weighted by Crippen LogP contribution is -2.06. The summed E-state index contributed by atoms with van der Waals surface area (Å²) in [6, 6.07) is 0. The summed E-state index contributed by atoms with van der Waals surface area (Å²) in [7, 11) is 3.04. The largest absolute Gasteiger partial charge is 0.350 e. The molecule has 0 bridgehead atoms. The van der Waals surface area contributed by atoms with Crippen molar-refractivity contribution in [3.8, 4) is 0 Å². The maximum Gasteiger partial charge on any atom is 0.202 e. The second-order valence-corrected chi connectivity index (χ2v) is 2.47. The van der Waals surface area contributed by atoms with Gasteiger partial charge in [0.05, 0.1) is 5.02 Å². The van der Waals surface area contributed by atoms with Gasteiger partial charge in [0.1, 0.15) is 12.0 Å². The molecule has 0 aliphatic rings. The van der Waals surface area contributed by atoms with Crippen molar-refractivity contribution in [3.63, 3.8) is 0 Å². The van der Waals surface area contributed by atoms with Crippen molar-refractivity contribution in [3.05, 3.63) is 23.2 Å². The van der Waals surface area contributed by atoms with Crippen LogP contribution >= 0.6 is 11.6 Å². The molecule has 0 aliphatic heterocycles. The normalized spacial score (nSPS) is 10.7. The fraction of sp³-hybridized carbons (Fsp3) is 0.429.